The molecule has 0 unspecified atom stereocenters. The van der Waals surface area contributed by atoms with Gasteiger partial charge in [0.15, 0.2) is 0 Å². The zero-order valence-corrected chi connectivity index (χ0v) is 17.0. The number of rotatable bonds is 6. The molecule has 0 aliphatic heterocycles. The van der Waals surface area contributed by atoms with Gasteiger partial charge in [0.05, 0.1) is 6.67 Å². The SMILES string of the molecule is C=CC(=O)N(C)c1ccc(-c2ccc(C3CCC(CCF)CC3)cc2)c(C)c1. The number of halogens is 1. The smallest absolute Gasteiger partial charge is 0.250 e. The maximum absolute atomic E-state index is 12.5. The van der Waals surface area contributed by atoms with E-state index in [0.717, 1.165) is 30.5 Å². The van der Waals surface area contributed by atoms with Gasteiger partial charge in [0.1, 0.15) is 0 Å². The fraction of sp³-hybridized carbons (Fsp3) is 0.400. The third-order valence-corrected chi connectivity index (χ3v) is 6.16. The third kappa shape index (κ3) is 4.52. The van der Waals surface area contributed by atoms with Gasteiger partial charge >= 0.3 is 0 Å². The van der Waals surface area contributed by atoms with Crippen LogP contribution in [0.2, 0.25) is 0 Å². The van der Waals surface area contributed by atoms with Crippen molar-refractivity contribution in [1.82, 2.24) is 0 Å². The van der Waals surface area contributed by atoms with E-state index in [9.17, 15) is 9.18 Å². The van der Waals surface area contributed by atoms with E-state index in [2.05, 4.69) is 43.8 Å². The summed E-state index contributed by atoms with van der Waals surface area (Å²) in [5, 5.41) is 0. The number of nitrogens with zero attached hydrogens (tertiary/aromatic N) is 1. The number of alkyl halides is 1. The van der Waals surface area contributed by atoms with Crippen LogP contribution in [0.5, 0.6) is 0 Å². The van der Waals surface area contributed by atoms with Crippen molar-refractivity contribution in [3.8, 4) is 11.1 Å². The van der Waals surface area contributed by atoms with Gasteiger partial charge in [-0.3, -0.25) is 9.18 Å². The number of aryl methyl sites for hydroxylation is 1. The molecule has 0 atom stereocenters. The highest BCUT2D eigenvalue weighted by Crippen LogP contribution is 2.38. The molecular formula is C25H30FNO. The number of likely N-dealkylation sites (N-methyl/N-ethyl adjacent to an activating group) is 1. The summed E-state index contributed by atoms with van der Waals surface area (Å²) in [5.74, 6) is 1.07. The molecule has 0 aromatic heterocycles. The first-order chi connectivity index (χ1) is 13.5. The summed E-state index contributed by atoms with van der Waals surface area (Å²) in [6.07, 6.45) is 6.69. The third-order valence-electron chi connectivity index (χ3n) is 6.16. The van der Waals surface area contributed by atoms with E-state index >= 15 is 0 Å². The van der Waals surface area contributed by atoms with E-state index in [1.54, 1.807) is 11.9 Å². The predicted octanol–water partition coefficient (Wildman–Crippen LogP) is 6.44. The van der Waals surface area contributed by atoms with Crippen molar-refractivity contribution >= 4 is 11.6 Å². The lowest BCUT2D eigenvalue weighted by Crippen LogP contribution is -2.23. The summed E-state index contributed by atoms with van der Waals surface area (Å²) in [7, 11) is 1.76. The van der Waals surface area contributed by atoms with Crippen LogP contribution in [0.25, 0.3) is 11.1 Å². The summed E-state index contributed by atoms with van der Waals surface area (Å²) in [4.78, 5) is 13.4. The fourth-order valence-electron chi connectivity index (χ4n) is 4.32. The quantitative estimate of drug-likeness (QED) is 0.529. The lowest BCUT2D eigenvalue weighted by Gasteiger charge is -2.28. The molecule has 1 aliphatic rings. The molecule has 0 radical (unpaired) electrons. The molecule has 1 fully saturated rings. The Morgan fingerprint density at radius 1 is 1.14 bits per heavy atom. The highest BCUT2D eigenvalue weighted by Gasteiger charge is 2.22. The second-order valence-electron chi connectivity index (χ2n) is 7.92. The lowest BCUT2D eigenvalue weighted by atomic mass is 9.77. The van der Waals surface area contributed by atoms with Crippen LogP contribution in [0, 0.1) is 12.8 Å². The van der Waals surface area contributed by atoms with Gasteiger partial charge in [-0.05, 0) is 91.3 Å². The highest BCUT2D eigenvalue weighted by molar-refractivity contribution is 6.00. The van der Waals surface area contributed by atoms with E-state index in [-0.39, 0.29) is 12.6 Å². The van der Waals surface area contributed by atoms with Gasteiger partial charge in [0.25, 0.3) is 0 Å². The Bertz CT molecular complexity index is 819. The average molecular weight is 380 g/mol. The molecule has 0 spiro atoms. The molecule has 3 rings (SSSR count). The molecule has 3 heteroatoms. The van der Waals surface area contributed by atoms with E-state index in [1.807, 2.05) is 12.1 Å². The van der Waals surface area contributed by atoms with E-state index < -0.39 is 0 Å². The standard InChI is InChI=1S/C25H30FNO/c1-4-25(28)27(3)23-13-14-24(18(2)17-23)22-11-9-21(10-12-22)20-7-5-19(6-8-20)15-16-26/h4,9-14,17,19-20H,1,5-8,15-16H2,2-3H3. The molecule has 28 heavy (non-hydrogen) atoms. The average Bonchev–Trinajstić information content (AvgIpc) is 2.73. The number of hydrogen-bond donors (Lipinski definition) is 0. The number of carbonyl (C=O) groups excluding carboxylic acids is 1. The van der Waals surface area contributed by atoms with Crippen LogP contribution in [0.1, 0.15) is 49.1 Å². The van der Waals surface area contributed by atoms with Crippen molar-refractivity contribution in [3.05, 3.63) is 66.2 Å². The summed E-state index contributed by atoms with van der Waals surface area (Å²) in [5.41, 5.74) is 5.78. The van der Waals surface area contributed by atoms with Gasteiger partial charge in [-0.25, -0.2) is 0 Å². The zero-order chi connectivity index (χ0) is 20.1. The largest absolute Gasteiger partial charge is 0.312 e. The number of amides is 1. The molecule has 0 saturated heterocycles. The molecular weight excluding hydrogens is 349 g/mol. The number of anilines is 1. The predicted molar refractivity (Wildman–Crippen MR) is 116 cm³/mol. The first-order valence-corrected chi connectivity index (χ1v) is 10.2. The van der Waals surface area contributed by atoms with Crippen LogP contribution in [0.4, 0.5) is 10.1 Å². The first-order valence-electron chi connectivity index (χ1n) is 10.2. The number of hydrogen-bond acceptors (Lipinski definition) is 1. The van der Waals surface area contributed by atoms with E-state index in [4.69, 9.17) is 0 Å². The molecule has 0 N–H and O–H groups in total. The van der Waals surface area contributed by atoms with Gasteiger partial charge in [-0.15, -0.1) is 0 Å². The number of benzene rings is 2. The van der Waals surface area contributed by atoms with Crippen molar-refractivity contribution in [3.63, 3.8) is 0 Å². The van der Waals surface area contributed by atoms with E-state index in [0.29, 0.717) is 11.8 Å². The minimum atomic E-state index is -0.181. The summed E-state index contributed by atoms with van der Waals surface area (Å²) in [6, 6.07) is 15.0. The summed E-state index contributed by atoms with van der Waals surface area (Å²) >= 11 is 0. The van der Waals surface area contributed by atoms with Gasteiger partial charge in [-0.1, -0.05) is 36.9 Å². The van der Waals surface area contributed by atoms with Gasteiger partial charge < -0.3 is 4.90 Å². The van der Waals surface area contributed by atoms with Crippen LogP contribution in [0.3, 0.4) is 0 Å². The maximum atomic E-state index is 12.5. The monoisotopic (exact) mass is 379 g/mol. The number of carbonyl (C=O) groups is 1. The van der Waals surface area contributed by atoms with Gasteiger partial charge in [-0.2, -0.15) is 0 Å². The highest BCUT2D eigenvalue weighted by atomic mass is 19.1. The minimum Gasteiger partial charge on any atom is -0.312 e. The molecule has 148 valence electrons. The van der Waals surface area contributed by atoms with Crippen molar-refractivity contribution < 1.29 is 9.18 Å². The Morgan fingerprint density at radius 3 is 2.39 bits per heavy atom. The van der Waals surface area contributed by atoms with E-state index in [1.165, 1.54) is 35.6 Å². The van der Waals surface area contributed by atoms with Crippen LogP contribution in [-0.4, -0.2) is 19.6 Å². The lowest BCUT2D eigenvalue weighted by molar-refractivity contribution is -0.113. The van der Waals surface area contributed by atoms with Gasteiger partial charge in [0.2, 0.25) is 5.91 Å². The normalized spacial score (nSPS) is 19.2. The molecule has 1 amide bonds. The first kappa shape index (κ1) is 20.3. The van der Waals surface area contributed by atoms with Crippen molar-refractivity contribution in [2.24, 2.45) is 5.92 Å². The van der Waals surface area contributed by atoms with Crippen molar-refractivity contribution in [2.45, 2.75) is 44.9 Å². The Hall–Kier alpha value is -2.42. The van der Waals surface area contributed by atoms with Crippen LogP contribution in [0.15, 0.2) is 55.1 Å². The second-order valence-corrected chi connectivity index (χ2v) is 7.92. The summed E-state index contributed by atoms with van der Waals surface area (Å²) in [6.45, 7) is 5.44. The summed E-state index contributed by atoms with van der Waals surface area (Å²) < 4.78 is 12.5. The topological polar surface area (TPSA) is 20.3 Å². The second kappa shape index (κ2) is 9.18. The molecule has 0 bridgehead atoms. The molecule has 2 aromatic rings. The molecule has 2 nitrogen and oxygen atoms in total. The molecule has 2 aromatic carbocycles. The maximum Gasteiger partial charge on any atom is 0.250 e. The van der Waals surface area contributed by atoms with Crippen LogP contribution in [-0.2, 0) is 4.79 Å². The van der Waals surface area contributed by atoms with Gasteiger partial charge in [0, 0.05) is 12.7 Å². The Labute approximate surface area is 168 Å². The Morgan fingerprint density at radius 2 is 1.82 bits per heavy atom. The van der Waals surface area contributed by atoms with Crippen LogP contribution >= 0.6 is 0 Å². The molecule has 1 saturated carbocycles. The van der Waals surface area contributed by atoms with Crippen molar-refractivity contribution in [1.29, 1.82) is 0 Å². The minimum absolute atomic E-state index is 0.113. The van der Waals surface area contributed by atoms with Crippen LogP contribution < -0.4 is 4.90 Å². The zero-order valence-electron chi connectivity index (χ0n) is 17.0. The fourth-order valence-corrected chi connectivity index (χ4v) is 4.32. The molecule has 0 heterocycles. The Balaban J connectivity index is 1.71. The van der Waals surface area contributed by atoms with Crippen molar-refractivity contribution in [2.75, 3.05) is 18.6 Å². The molecule has 1 aliphatic carbocycles. The Kier molecular flexibility index (Phi) is 6.66.